The summed E-state index contributed by atoms with van der Waals surface area (Å²) in [5.41, 5.74) is 1.84. The fourth-order valence-electron chi connectivity index (χ4n) is 2.85. The summed E-state index contributed by atoms with van der Waals surface area (Å²) in [5.74, 6) is 0.534. The SMILES string of the molecule is COc1ccc2ccccc2c1C=C1N=C(c2ccccc2)OC1=O. The van der Waals surface area contributed by atoms with Crippen LogP contribution in [-0.2, 0) is 9.53 Å². The number of esters is 1. The Kier molecular flexibility index (Phi) is 3.78. The molecule has 3 aromatic rings. The van der Waals surface area contributed by atoms with E-state index in [-0.39, 0.29) is 5.70 Å². The number of carbonyl (C=O) groups excluding carboxylic acids is 1. The van der Waals surface area contributed by atoms with Gasteiger partial charge in [-0.15, -0.1) is 0 Å². The van der Waals surface area contributed by atoms with Crippen LogP contribution in [0.25, 0.3) is 16.8 Å². The summed E-state index contributed by atoms with van der Waals surface area (Å²) in [6.07, 6.45) is 1.72. The number of carbonyl (C=O) groups is 1. The lowest BCUT2D eigenvalue weighted by molar-refractivity contribution is -0.129. The van der Waals surface area contributed by atoms with E-state index < -0.39 is 5.97 Å². The molecule has 0 atom stereocenters. The maximum atomic E-state index is 12.3. The van der Waals surface area contributed by atoms with Gasteiger partial charge in [0.1, 0.15) is 5.75 Å². The van der Waals surface area contributed by atoms with Gasteiger partial charge in [0, 0.05) is 11.1 Å². The predicted octanol–water partition coefficient (Wildman–Crippen LogP) is 4.19. The van der Waals surface area contributed by atoms with E-state index in [1.54, 1.807) is 13.2 Å². The first-order chi connectivity index (χ1) is 12.3. The topological polar surface area (TPSA) is 47.9 Å². The van der Waals surface area contributed by atoms with Crippen LogP contribution in [0.3, 0.4) is 0 Å². The molecule has 0 bridgehead atoms. The average Bonchev–Trinajstić information content (AvgIpc) is 3.03. The maximum Gasteiger partial charge on any atom is 0.363 e. The third kappa shape index (κ3) is 2.78. The smallest absolute Gasteiger partial charge is 0.363 e. The monoisotopic (exact) mass is 329 g/mol. The summed E-state index contributed by atoms with van der Waals surface area (Å²) in [6, 6.07) is 21.2. The molecular formula is C21H15NO3. The van der Waals surface area contributed by atoms with Gasteiger partial charge in [0.2, 0.25) is 5.90 Å². The van der Waals surface area contributed by atoms with Crippen LogP contribution < -0.4 is 4.74 Å². The highest BCUT2D eigenvalue weighted by atomic mass is 16.6. The van der Waals surface area contributed by atoms with Gasteiger partial charge < -0.3 is 9.47 Å². The van der Waals surface area contributed by atoms with Gasteiger partial charge in [0.15, 0.2) is 5.70 Å². The van der Waals surface area contributed by atoms with Crippen LogP contribution in [0.2, 0.25) is 0 Å². The van der Waals surface area contributed by atoms with Crippen LogP contribution in [-0.4, -0.2) is 19.0 Å². The molecule has 0 aromatic heterocycles. The van der Waals surface area contributed by atoms with Gasteiger partial charge in [-0.25, -0.2) is 9.79 Å². The van der Waals surface area contributed by atoms with Crippen molar-refractivity contribution in [3.63, 3.8) is 0 Å². The third-order valence-electron chi connectivity index (χ3n) is 4.07. The second kappa shape index (κ2) is 6.24. The molecule has 1 heterocycles. The van der Waals surface area contributed by atoms with Gasteiger partial charge in [-0.2, -0.15) is 0 Å². The minimum atomic E-state index is -0.464. The van der Waals surface area contributed by atoms with Crippen LogP contribution in [0.4, 0.5) is 0 Å². The summed E-state index contributed by atoms with van der Waals surface area (Å²) in [7, 11) is 1.61. The number of benzene rings is 3. The van der Waals surface area contributed by atoms with Crippen molar-refractivity contribution in [2.45, 2.75) is 0 Å². The number of fused-ring (bicyclic) bond motifs is 1. The molecule has 0 radical (unpaired) electrons. The Morgan fingerprint density at radius 2 is 1.72 bits per heavy atom. The Labute approximate surface area is 145 Å². The quantitative estimate of drug-likeness (QED) is 0.535. The first-order valence-corrected chi connectivity index (χ1v) is 7.90. The molecule has 0 fully saturated rings. The van der Waals surface area contributed by atoms with Crippen molar-refractivity contribution in [1.29, 1.82) is 0 Å². The highest BCUT2D eigenvalue weighted by Gasteiger charge is 2.24. The summed E-state index contributed by atoms with van der Waals surface area (Å²) in [4.78, 5) is 16.6. The van der Waals surface area contributed by atoms with Crippen LogP contribution >= 0.6 is 0 Å². The van der Waals surface area contributed by atoms with Gasteiger partial charge in [-0.05, 0) is 35.0 Å². The van der Waals surface area contributed by atoms with E-state index in [1.807, 2.05) is 66.7 Å². The molecule has 122 valence electrons. The Balaban J connectivity index is 1.85. The second-order valence-corrected chi connectivity index (χ2v) is 5.60. The van der Waals surface area contributed by atoms with E-state index in [1.165, 1.54) is 0 Å². The molecule has 0 amide bonds. The minimum absolute atomic E-state index is 0.258. The summed E-state index contributed by atoms with van der Waals surface area (Å²) in [6.45, 7) is 0. The normalized spacial score (nSPS) is 15.3. The summed E-state index contributed by atoms with van der Waals surface area (Å²) in [5, 5.41) is 2.05. The molecule has 0 unspecified atom stereocenters. The van der Waals surface area contributed by atoms with Gasteiger partial charge in [0.05, 0.1) is 7.11 Å². The van der Waals surface area contributed by atoms with Gasteiger partial charge in [0.25, 0.3) is 0 Å². The summed E-state index contributed by atoms with van der Waals surface area (Å²) >= 11 is 0. The predicted molar refractivity (Wildman–Crippen MR) is 97.5 cm³/mol. The Hall–Kier alpha value is -3.40. The number of ether oxygens (including phenoxy) is 2. The lowest BCUT2D eigenvalue weighted by atomic mass is 10.0. The Morgan fingerprint density at radius 1 is 0.960 bits per heavy atom. The molecule has 4 nitrogen and oxygen atoms in total. The third-order valence-corrected chi connectivity index (χ3v) is 4.07. The van der Waals surface area contributed by atoms with E-state index in [0.29, 0.717) is 11.6 Å². The molecule has 1 aliphatic heterocycles. The Morgan fingerprint density at radius 3 is 2.52 bits per heavy atom. The van der Waals surface area contributed by atoms with Crippen LogP contribution in [0.1, 0.15) is 11.1 Å². The van der Waals surface area contributed by atoms with Gasteiger partial charge in [-0.1, -0.05) is 48.5 Å². The van der Waals surface area contributed by atoms with E-state index in [9.17, 15) is 4.79 Å². The molecular weight excluding hydrogens is 314 g/mol. The molecule has 0 saturated heterocycles. The number of aliphatic imine (C=N–C) groups is 1. The number of methoxy groups -OCH3 is 1. The van der Waals surface area contributed by atoms with Crippen molar-refractivity contribution in [2.75, 3.05) is 7.11 Å². The molecule has 0 spiro atoms. The van der Waals surface area contributed by atoms with Gasteiger partial charge in [-0.3, -0.25) is 0 Å². The number of rotatable bonds is 3. The van der Waals surface area contributed by atoms with E-state index in [2.05, 4.69) is 4.99 Å². The van der Waals surface area contributed by atoms with Crippen LogP contribution in [0.15, 0.2) is 77.4 Å². The fraction of sp³-hybridized carbons (Fsp3) is 0.0476. The summed E-state index contributed by atoms with van der Waals surface area (Å²) < 4.78 is 10.8. The van der Waals surface area contributed by atoms with Crippen molar-refractivity contribution >= 4 is 28.7 Å². The molecule has 1 aliphatic rings. The lowest BCUT2D eigenvalue weighted by Gasteiger charge is -2.08. The minimum Gasteiger partial charge on any atom is -0.496 e. The standard InChI is InChI=1S/C21H15NO3/c1-24-19-12-11-14-7-5-6-10-16(14)17(19)13-18-21(23)25-20(22-18)15-8-3-2-4-9-15/h2-13H,1H3. The zero-order valence-corrected chi connectivity index (χ0v) is 13.6. The van der Waals surface area contributed by atoms with E-state index in [4.69, 9.17) is 9.47 Å². The molecule has 0 aliphatic carbocycles. The zero-order valence-electron chi connectivity index (χ0n) is 13.6. The van der Waals surface area contributed by atoms with Gasteiger partial charge >= 0.3 is 5.97 Å². The largest absolute Gasteiger partial charge is 0.496 e. The molecule has 0 saturated carbocycles. The highest BCUT2D eigenvalue weighted by molar-refractivity contribution is 6.13. The molecule has 0 N–H and O–H groups in total. The van der Waals surface area contributed by atoms with E-state index in [0.717, 1.165) is 21.9 Å². The molecule has 4 heteroatoms. The first kappa shape index (κ1) is 15.1. The van der Waals surface area contributed by atoms with Crippen LogP contribution in [0, 0.1) is 0 Å². The number of hydrogen-bond acceptors (Lipinski definition) is 4. The van der Waals surface area contributed by atoms with Crippen molar-refractivity contribution < 1.29 is 14.3 Å². The van der Waals surface area contributed by atoms with Crippen molar-refractivity contribution in [3.8, 4) is 5.75 Å². The van der Waals surface area contributed by atoms with E-state index >= 15 is 0 Å². The first-order valence-electron chi connectivity index (χ1n) is 7.90. The van der Waals surface area contributed by atoms with Crippen LogP contribution in [0.5, 0.6) is 5.75 Å². The lowest BCUT2D eigenvalue weighted by Crippen LogP contribution is -2.05. The average molecular weight is 329 g/mol. The van der Waals surface area contributed by atoms with Crippen molar-refractivity contribution in [3.05, 3.63) is 83.6 Å². The number of cyclic esters (lactones) is 1. The molecule has 25 heavy (non-hydrogen) atoms. The zero-order chi connectivity index (χ0) is 17.2. The Bertz CT molecular complexity index is 1020. The highest BCUT2D eigenvalue weighted by Crippen LogP contribution is 2.31. The maximum absolute atomic E-state index is 12.3. The second-order valence-electron chi connectivity index (χ2n) is 5.60. The molecule has 3 aromatic carbocycles. The van der Waals surface area contributed by atoms with Crippen molar-refractivity contribution in [2.24, 2.45) is 4.99 Å². The number of nitrogens with zero attached hydrogens (tertiary/aromatic N) is 1. The number of hydrogen-bond donors (Lipinski definition) is 0. The molecule has 4 rings (SSSR count). The fourth-order valence-corrected chi connectivity index (χ4v) is 2.85. The van der Waals surface area contributed by atoms with Crippen molar-refractivity contribution in [1.82, 2.24) is 0 Å².